The Kier molecular flexibility index (Phi) is 4.02. The average molecular weight is 310 g/mol. The van der Waals surface area contributed by atoms with Crippen LogP contribution in [0, 0.1) is 20.8 Å². The molecule has 5 heteroatoms. The SMILES string of the molecule is Cc1cc(C)c(C=NNC(=O)c2ccc3c(c2)OCO3)c(C)c1. The molecular weight excluding hydrogens is 292 g/mol. The zero-order valence-electron chi connectivity index (χ0n) is 13.3. The van der Waals surface area contributed by atoms with Crippen LogP contribution >= 0.6 is 0 Å². The van der Waals surface area contributed by atoms with Gasteiger partial charge in [-0.1, -0.05) is 17.7 Å². The molecule has 1 N–H and O–H groups in total. The molecule has 23 heavy (non-hydrogen) atoms. The lowest BCUT2D eigenvalue weighted by molar-refractivity contribution is 0.0954. The summed E-state index contributed by atoms with van der Waals surface area (Å²) in [4.78, 5) is 12.1. The molecule has 0 unspecified atom stereocenters. The third-order valence-corrected chi connectivity index (χ3v) is 3.73. The van der Waals surface area contributed by atoms with E-state index in [1.54, 1.807) is 24.4 Å². The minimum absolute atomic E-state index is 0.185. The van der Waals surface area contributed by atoms with Crippen molar-refractivity contribution in [3.63, 3.8) is 0 Å². The summed E-state index contributed by atoms with van der Waals surface area (Å²) in [6.07, 6.45) is 1.68. The van der Waals surface area contributed by atoms with Gasteiger partial charge in [-0.3, -0.25) is 4.79 Å². The highest BCUT2D eigenvalue weighted by molar-refractivity contribution is 5.95. The topological polar surface area (TPSA) is 59.9 Å². The van der Waals surface area contributed by atoms with E-state index < -0.39 is 0 Å². The molecule has 118 valence electrons. The second-order valence-electron chi connectivity index (χ2n) is 5.58. The molecule has 3 rings (SSSR count). The zero-order chi connectivity index (χ0) is 16.4. The van der Waals surface area contributed by atoms with E-state index in [0.717, 1.165) is 16.7 Å². The van der Waals surface area contributed by atoms with Gasteiger partial charge in [-0.05, 0) is 50.1 Å². The van der Waals surface area contributed by atoms with Crippen LogP contribution in [0.2, 0.25) is 0 Å². The number of carbonyl (C=O) groups excluding carboxylic acids is 1. The highest BCUT2D eigenvalue weighted by atomic mass is 16.7. The summed E-state index contributed by atoms with van der Waals surface area (Å²) >= 11 is 0. The zero-order valence-corrected chi connectivity index (χ0v) is 13.3. The Bertz CT molecular complexity index is 774. The van der Waals surface area contributed by atoms with Crippen molar-refractivity contribution in [2.24, 2.45) is 5.10 Å². The number of fused-ring (bicyclic) bond motifs is 1. The van der Waals surface area contributed by atoms with Crippen molar-refractivity contribution < 1.29 is 14.3 Å². The predicted molar refractivity (Wildman–Crippen MR) is 88.3 cm³/mol. The number of nitrogens with one attached hydrogen (secondary N) is 1. The molecule has 2 aromatic rings. The summed E-state index contributed by atoms with van der Waals surface area (Å²) < 4.78 is 10.5. The van der Waals surface area contributed by atoms with Crippen LogP contribution < -0.4 is 14.9 Å². The molecule has 5 nitrogen and oxygen atoms in total. The quantitative estimate of drug-likeness (QED) is 0.700. The smallest absolute Gasteiger partial charge is 0.271 e. The first-order chi connectivity index (χ1) is 11.0. The van der Waals surface area contributed by atoms with Gasteiger partial charge in [0.2, 0.25) is 6.79 Å². The van der Waals surface area contributed by atoms with Gasteiger partial charge in [0.25, 0.3) is 5.91 Å². The summed E-state index contributed by atoms with van der Waals surface area (Å²) in [6, 6.07) is 9.23. The van der Waals surface area contributed by atoms with E-state index >= 15 is 0 Å². The molecule has 0 spiro atoms. The summed E-state index contributed by atoms with van der Waals surface area (Å²) in [7, 11) is 0. The van der Waals surface area contributed by atoms with Gasteiger partial charge in [-0.15, -0.1) is 0 Å². The van der Waals surface area contributed by atoms with E-state index in [1.165, 1.54) is 5.56 Å². The Morgan fingerprint density at radius 1 is 1.09 bits per heavy atom. The van der Waals surface area contributed by atoms with E-state index in [4.69, 9.17) is 9.47 Å². The minimum Gasteiger partial charge on any atom is -0.454 e. The van der Waals surface area contributed by atoms with Crippen LogP contribution in [-0.4, -0.2) is 18.9 Å². The molecule has 0 radical (unpaired) electrons. The number of rotatable bonds is 3. The lowest BCUT2D eigenvalue weighted by Gasteiger charge is -2.06. The second kappa shape index (κ2) is 6.12. The van der Waals surface area contributed by atoms with Crippen molar-refractivity contribution in [1.82, 2.24) is 5.43 Å². The van der Waals surface area contributed by atoms with Crippen LogP contribution in [0.3, 0.4) is 0 Å². The van der Waals surface area contributed by atoms with Crippen molar-refractivity contribution in [2.45, 2.75) is 20.8 Å². The largest absolute Gasteiger partial charge is 0.454 e. The number of carbonyl (C=O) groups is 1. The fourth-order valence-corrected chi connectivity index (χ4v) is 2.65. The third kappa shape index (κ3) is 3.18. The van der Waals surface area contributed by atoms with Crippen molar-refractivity contribution in [3.8, 4) is 11.5 Å². The summed E-state index contributed by atoms with van der Waals surface area (Å²) in [6.45, 7) is 6.30. The van der Waals surface area contributed by atoms with E-state index in [9.17, 15) is 4.79 Å². The third-order valence-electron chi connectivity index (χ3n) is 3.73. The van der Waals surface area contributed by atoms with Gasteiger partial charge in [0.15, 0.2) is 11.5 Å². The van der Waals surface area contributed by atoms with E-state index in [1.807, 2.05) is 13.8 Å². The van der Waals surface area contributed by atoms with Crippen LogP contribution in [-0.2, 0) is 0 Å². The molecule has 0 saturated carbocycles. The number of amides is 1. The highest BCUT2D eigenvalue weighted by Gasteiger charge is 2.15. The van der Waals surface area contributed by atoms with Gasteiger partial charge in [-0.2, -0.15) is 5.10 Å². The highest BCUT2D eigenvalue weighted by Crippen LogP contribution is 2.32. The van der Waals surface area contributed by atoms with Crippen molar-refractivity contribution >= 4 is 12.1 Å². The van der Waals surface area contributed by atoms with Crippen molar-refractivity contribution in [3.05, 3.63) is 58.1 Å². The first-order valence-electron chi connectivity index (χ1n) is 7.35. The Balaban J connectivity index is 1.72. The molecule has 0 aliphatic carbocycles. The number of hydrogen-bond donors (Lipinski definition) is 1. The van der Waals surface area contributed by atoms with Crippen LogP contribution in [0.1, 0.15) is 32.6 Å². The number of aryl methyl sites for hydroxylation is 3. The van der Waals surface area contributed by atoms with Gasteiger partial charge in [0, 0.05) is 11.1 Å². The minimum atomic E-state index is -0.290. The molecule has 0 aromatic heterocycles. The maximum atomic E-state index is 12.1. The lowest BCUT2D eigenvalue weighted by atomic mass is 10.0. The molecule has 0 fully saturated rings. The molecule has 0 saturated heterocycles. The number of hydrogen-bond acceptors (Lipinski definition) is 4. The van der Waals surface area contributed by atoms with Gasteiger partial charge < -0.3 is 9.47 Å². The normalized spacial score (nSPS) is 12.7. The van der Waals surface area contributed by atoms with E-state index in [2.05, 4.69) is 29.6 Å². The van der Waals surface area contributed by atoms with Gasteiger partial charge >= 0.3 is 0 Å². The standard InChI is InChI=1S/C18H18N2O3/c1-11-6-12(2)15(13(3)7-11)9-19-20-18(21)14-4-5-16-17(8-14)23-10-22-16/h4-9H,10H2,1-3H3,(H,20,21). The van der Waals surface area contributed by atoms with Crippen LogP contribution in [0.15, 0.2) is 35.4 Å². The monoisotopic (exact) mass is 310 g/mol. The van der Waals surface area contributed by atoms with Crippen LogP contribution in [0.25, 0.3) is 0 Å². The number of ether oxygens (including phenoxy) is 2. The van der Waals surface area contributed by atoms with Gasteiger partial charge in [0.05, 0.1) is 6.21 Å². The second-order valence-corrected chi connectivity index (χ2v) is 5.58. The van der Waals surface area contributed by atoms with E-state index in [0.29, 0.717) is 17.1 Å². The molecule has 1 aliphatic rings. The van der Waals surface area contributed by atoms with Gasteiger partial charge in [-0.25, -0.2) is 5.43 Å². The molecule has 1 heterocycles. The predicted octanol–water partition coefficient (Wildman–Crippen LogP) is 3.10. The molecule has 1 amide bonds. The van der Waals surface area contributed by atoms with Crippen molar-refractivity contribution in [2.75, 3.05) is 6.79 Å². The van der Waals surface area contributed by atoms with E-state index in [-0.39, 0.29) is 12.7 Å². The first-order valence-corrected chi connectivity index (χ1v) is 7.35. The average Bonchev–Trinajstić information content (AvgIpc) is 2.97. The van der Waals surface area contributed by atoms with Crippen LogP contribution in [0.4, 0.5) is 0 Å². The summed E-state index contributed by atoms with van der Waals surface area (Å²) in [5.41, 5.74) is 7.50. The Labute approximate surface area is 134 Å². The maximum absolute atomic E-state index is 12.1. The van der Waals surface area contributed by atoms with Crippen molar-refractivity contribution in [1.29, 1.82) is 0 Å². The molecule has 0 bridgehead atoms. The first kappa shape index (κ1) is 15.1. The van der Waals surface area contributed by atoms with Crippen LogP contribution in [0.5, 0.6) is 11.5 Å². The lowest BCUT2D eigenvalue weighted by Crippen LogP contribution is -2.17. The molecule has 1 aliphatic heterocycles. The fourth-order valence-electron chi connectivity index (χ4n) is 2.65. The number of nitrogens with zero attached hydrogens (tertiary/aromatic N) is 1. The summed E-state index contributed by atoms with van der Waals surface area (Å²) in [5, 5.41) is 4.07. The maximum Gasteiger partial charge on any atom is 0.271 e. The number of hydrazone groups is 1. The Morgan fingerprint density at radius 2 is 1.78 bits per heavy atom. The number of benzene rings is 2. The molecule has 2 aromatic carbocycles. The molecular formula is C18H18N2O3. The Morgan fingerprint density at radius 3 is 2.52 bits per heavy atom. The summed E-state index contributed by atoms with van der Waals surface area (Å²) in [5.74, 6) is 0.935. The fraction of sp³-hybridized carbons (Fsp3) is 0.222. The van der Waals surface area contributed by atoms with Gasteiger partial charge in [0.1, 0.15) is 0 Å². The Hall–Kier alpha value is -2.82. The molecule has 0 atom stereocenters.